The number of amides is 3. The van der Waals surface area contributed by atoms with E-state index in [9.17, 15) is 9.59 Å². The highest BCUT2D eigenvalue weighted by molar-refractivity contribution is 8.14. The van der Waals surface area contributed by atoms with Crippen LogP contribution in [0.5, 0.6) is 5.75 Å². The molecule has 0 saturated heterocycles. The van der Waals surface area contributed by atoms with Crippen LogP contribution < -0.4 is 10.1 Å². The molecule has 1 unspecified atom stereocenters. The molecule has 1 aliphatic heterocycles. The minimum absolute atomic E-state index is 0.0582. The van der Waals surface area contributed by atoms with Crippen molar-refractivity contribution in [3.8, 4) is 5.75 Å². The molecule has 132 valence electrons. The molecular weight excluding hydrogens is 338 g/mol. The molecule has 1 atom stereocenters. The van der Waals surface area contributed by atoms with Crippen LogP contribution in [-0.2, 0) is 11.2 Å². The van der Waals surface area contributed by atoms with Gasteiger partial charge in [0.05, 0.1) is 17.9 Å². The number of carbonyl (C=O) groups is 2. The van der Waals surface area contributed by atoms with Crippen LogP contribution in [0.25, 0.3) is 0 Å². The number of hydrogen-bond acceptors (Lipinski definition) is 4. The van der Waals surface area contributed by atoms with Gasteiger partial charge in [0.2, 0.25) is 5.91 Å². The third-order valence-corrected chi connectivity index (χ3v) is 5.41. The fourth-order valence-corrected chi connectivity index (χ4v) is 4.10. The highest BCUT2D eigenvalue weighted by Gasteiger charge is 2.32. The fourth-order valence-electron chi connectivity index (χ4n) is 3.12. The maximum absolute atomic E-state index is 12.1. The van der Waals surface area contributed by atoms with Crippen LogP contribution in [0.2, 0.25) is 0 Å². The van der Waals surface area contributed by atoms with E-state index in [4.69, 9.17) is 4.74 Å². The number of fused-ring (bicyclic) bond motifs is 1. The molecule has 1 fully saturated rings. The van der Waals surface area contributed by atoms with Crippen LogP contribution in [0.1, 0.15) is 24.8 Å². The van der Waals surface area contributed by atoms with Crippen molar-refractivity contribution in [3.05, 3.63) is 29.8 Å². The molecule has 0 spiro atoms. The van der Waals surface area contributed by atoms with Gasteiger partial charge in [-0.1, -0.05) is 18.2 Å². The fraction of sp³-hybridized carbons (Fsp3) is 0.444. The lowest BCUT2D eigenvalue weighted by molar-refractivity contribution is -0.118. The van der Waals surface area contributed by atoms with Crippen LogP contribution >= 0.6 is 11.8 Å². The Morgan fingerprint density at radius 3 is 3.04 bits per heavy atom. The molecule has 1 aliphatic carbocycles. The minimum atomic E-state index is -0.438. The third kappa shape index (κ3) is 4.48. The lowest BCUT2D eigenvalue weighted by atomic mass is 10.1. The lowest BCUT2D eigenvalue weighted by Gasteiger charge is -2.16. The molecule has 25 heavy (non-hydrogen) atoms. The first kappa shape index (κ1) is 17.7. The number of aliphatic imine (C=N–C) groups is 2. The normalized spacial score (nSPS) is 19.1. The molecule has 1 heterocycles. The van der Waals surface area contributed by atoms with Crippen molar-refractivity contribution < 1.29 is 14.3 Å². The van der Waals surface area contributed by atoms with Crippen molar-refractivity contribution in [3.63, 3.8) is 0 Å². The molecule has 6 nitrogen and oxygen atoms in total. The van der Waals surface area contributed by atoms with Gasteiger partial charge in [-0.2, -0.15) is 4.99 Å². The second kappa shape index (κ2) is 8.29. The number of nitrogens with zero attached hydrogens (tertiary/aromatic N) is 2. The molecule has 0 radical (unpaired) electrons. The monoisotopic (exact) mass is 359 g/mol. The van der Waals surface area contributed by atoms with Crippen molar-refractivity contribution >= 4 is 34.5 Å². The number of thioether (sulfide) groups is 1. The van der Waals surface area contributed by atoms with Gasteiger partial charge in [0.1, 0.15) is 5.75 Å². The number of rotatable bonds is 6. The smallest absolute Gasteiger partial charge is 0.367 e. The summed E-state index contributed by atoms with van der Waals surface area (Å²) in [4.78, 5) is 31.6. The lowest BCUT2D eigenvalue weighted by Crippen LogP contribution is -2.29. The van der Waals surface area contributed by atoms with E-state index < -0.39 is 6.03 Å². The van der Waals surface area contributed by atoms with Gasteiger partial charge in [0.25, 0.3) is 0 Å². The number of ether oxygens (including phenoxy) is 1. The van der Waals surface area contributed by atoms with E-state index in [2.05, 4.69) is 15.3 Å². The van der Waals surface area contributed by atoms with Crippen LogP contribution in [-0.4, -0.2) is 42.1 Å². The van der Waals surface area contributed by atoms with E-state index in [1.165, 1.54) is 11.8 Å². The molecule has 2 aliphatic rings. The molecular formula is C18H21N3O3S. The summed E-state index contributed by atoms with van der Waals surface area (Å²) in [6, 6.07) is 7.33. The van der Waals surface area contributed by atoms with Gasteiger partial charge in [-0.3, -0.25) is 4.79 Å². The first-order valence-electron chi connectivity index (χ1n) is 8.39. The van der Waals surface area contributed by atoms with Gasteiger partial charge in [-0.25, -0.2) is 9.79 Å². The summed E-state index contributed by atoms with van der Waals surface area (Å²) in [5.41, 5.74) is 1.99. The van der Waals surface area contributed by atoms with Crippen LogP contribution in [0.3, 0.4) is 0 Å². The maximum atomic E-state index is 12.1. The van der Waals surface area contributed by atoms with Crippen LogP contribution in [0.15, 0.2) is 34.3 Å². The summed E-state index contributed by atoms with van der Waals surface area (Å²) >= 11 is 1.35. The van der Waals surface area contributed by atoms with Gasteiger partial charge in [0.15, 0.2) is 0 Å². The average molecular weight is 359 g/mol. The Bertz CT molecular complexity index is 730. The largest absolute Gasteiger partial charge is 0.496 e. The second-order valence-electron chi connectivity index (χ2n) is 5.98. The number of para-hydroxylation sites is 1. The number of benzene rings is 1. The van der Waals surface area contributed by atoms with E-state index >= 15 is 0 Å². The van der Waals surface area contributed by atoms with E-state index in [0.717, 1.165) is 41.3 Å². The maximum Gasteiger partial charge on any atom is 0.367 e. The topological polar surface area (TPSA) is 80.1 Å². The minimum Gasteiger partial charge on any atom is -0.496 e. The Kier molecular flexibility index (Phi) is 5.86. The Morgan fingerprint density at radius 1 is 1.36 bits per heavy atom. The summed E-state index contributed by atoms with van der Waals surface area (Å²) in [6.45, 7) is 0.543. The summed E-state index contributed by atoms with van der Waals surface area (Å²) in [6.07, 6.45) is 3.56. The molecule has 1 aromatic carbocycles. The summed E-state index contributed by atoms with van der Waals surface area (Å²) < 4.78 is 5.30. The second-order valence-corrected chi connectivity index (χ2v) is 6.98. The first-order chi connectivity index (χ1) is 12.2. The molecule has 3 rings (SSSR count). The van der Waals surface area contributed by atoms with Gasteiger partial charge in [-0.15, -0.1) is 11.8 Å². The zero-order valence-electron chi connectivity index (χ0n) is 14.2. The standard InChI is InChI=1S/C18H21N3O3S/c1-24-15-8-3-2-5-12(15)9-10-19-16(22)11-25-17-13-6-4-7-14(13)20-18(23)21-17/h2-3,5,8,13H,4,6-7,9-11H2,1H3,(H,19,22). The van der Waals surface area contributed by atoms with Gasteiger partial charge in [0, 0.05) is 18.2 Å². The molecule has 7 heteroatoms. The van der Waals surface area contributed by atoms with E-state index in [0.29, 0.717) is 13.0 Å². The molecule has 0 aromatic heterocycles. The Hall–Kier alpha value is -2.15. The Labute approximate surface area is 151 Å². The Balaban J connectivity index is 1.45. The molecule has 1 saturated carbocycles. The molecule has 1 N–H and O–H groups in total. The van der Waals surface area contributed by atoms with Gasteiger partial charge in [-0.05, 0) is 37.3 Å². The van der Waals surface area contributed by atoms with Crippen molar-refractivity contribution in [2.24, 2.45) is 15.9 Å². The summed E-state index contributed by atoms with van der Waals surface area (Å²) in [5.74, 6) is 1.18. The van der Waals surface area contributed by atoms with Crippen molar-refractivity contribution in [2.45, 2.75) is 25.7 Å². The van der Waals surface area contributed by atoms with E-state index in [1.807, 2.05) is 24.3 Å². The Morgan fingerprint density at radius 2 is 2.20 bits per heavy atom. The van der Waals surface area contributed by atoms with Crippen molar-refractivity contribution in [2.75, 3.05) is 19.4 Å². The number of hydrogen-bond donors (Lipinski definition) is 1. The zero-order chi connectivity index (χ0) is 17.6. The quantitative estimate of drug-likeness (QED) is 0.847. The predicted molar refractivity (Wildman–Crippen MR) is 99.8 cm³/mol. The summed E-state index contributed by atoms with van der Waals surface area (Å²) in [5, 5.41) is 3.65. The van der Waals surface area contributed by atoms with Crippen molar-refractivity contribution in [1.29, 1.82) is 0 Å². The van der Waals surface area contributed by atoms with Crippen LogP contribution in [0, 0.1) is 5.92 Å². The first-order valence-corrected chi connectivity index (χ1v) is 9.37. The highest BCUT2D eigenvalue weighted by Crippen LogP contribution is 2.31. The highest BCUT2D eigenvalue weighted by atomic mass is 32.2. The van der Waals surface area contributed by atoms with E-state index in [1.54, 1.807) is 7.11 Å². The number of carbonyl (C=O) groups excluding carboxylic acids is 2. The third-order valence-electron chi connectivity index (χ3n) is 4.33. The zero-order valence-corrected chi connectivity index (χ0v) is 15.0. The summed E-state index contributed by atoms with van der Waals surface area (Å²) in [7, 11) is 1.64. The average Bonchev–Trinajstić information content (AvgIpc) is 3.08. The molecule has 1 aromatic rings. The van der Waals surface area contributed by atoms with Gasteiger partial charge >= 0.3 is 6.03 Å². The van der Waals surface area contributed by atoms with Gasteiger partial charge < -0.3 is 10.1 Å². The number of nitrogens with one attached hydrogen (secondary N) is 1. The number of methoxy groups -OCH3 is 1. The number of urea groups is 1. The van der Waals surface area contributed by atoms with Crippen LogP contribution in [0.4, 0.5) is 4.79 Å². The SMILES string of the molecule is COc1ccccc1CCNC(=O)CSC1=NC(=O)N=C2CCCC21. The molecule has 0 bridgehead atoms. The predicted octanol–water partition coefficient (Wildman–Crippen LogP) is 2.86. The van der Waals surface area contributed by atoms with E-state index in [-0.39, 0.29) is 17.6 Å². The van der Waals surface area contributed by atoms with Crippen molar-refractivity contribution in [1.82, 2.24) is 5.32 Å². The molecule has 3 amide bonds.